The van der Waals surface area contributed by atoms with E-state index >= 15 is 0 Å². The molecule has 5 nitrogen and oxygen atoms in total. The van der Waals surface area contributed by atoms with Crippen LogP contribution in [0.5, 0.6) is 11.8 Å². The largest absolute Gasteiger partial charge is 0.494 e. The van der Waals surface area contributed by atoms with Crippen molar-refractivity contribution < 1.29 is 14.3 Å². The Morgan fingerprint density at radius 1 is 1.41 bits per heavy atom. The van der Waals surface area contributed by atoms with Gasteiger partial charge in [-0.1, -0.05) is 18.9 Å². The molecule has 1 aliphatic carbocycles. The SMILES string of the molecule is CCOc1nc2c(OC)cccc2n1C(=O)CCCC1CC1. The second-order valence-corrected chi connectivity index (χ2v) is 5.72. The van der Waals surface area contributed by atoms with Crippen molar-refractivity contribution in [3.63, 3.8) is 0 Å². The predicted octanol–water partition coefficient (Wildman–Crippen LogP) is 3.66. The van der Waals surface area contributed by atoms with Gasteiger partial charge in [0, 0.05) is 6.42 Å². The van der Waals surface area contributed by atoms with Crippen LogP contribution in [0.25, 0.3) is 11.0 Å². The van der Waals surface area contributed by atoms with Crippen molar-refractivity contribution in [2.24, 2.45) is 5.92 Å². The zero-order chi connectivity index (χ0) is 15.5. The Bertz CT molecular complexity index is 674. The highest BCUT2D eigenvalue weighted by Crippen LogP contribution is 2.34. The van der Waals surface area contributed by atoms with E-state index in [1.807, 2.05) is 25.1 Å². The number of hydrogen-bond acceptors (Lipinski definition) is 4. The smallest absolute Gasteiger partial charge is 0.304 e. The molecule has 0 radical (unpaired) electrons. The van der Waals surface area contributed by atoms with E-state index in [1.54, 1.807) is 11.7 Å². The van der Waals surface area contributed by atoms with E-state index < -0.39 is 0 Å². The fourth-order valence-electron chi connectivity index (χ4n) is 2.74. The van der Waals surface area contributed by atoms with Crippen LogP contribution in [0.2, 0.25) is 0 Å². The van der Waals surface area contributed by atoms with Gasteiger partial charge in [-0.05, 0) is 37.8 Å². The number of nitrogens with zero attached hydrogens (tertiary/aromatic N) is 2. The third-order valence-corrected chi connectivity index (χ3v) is 4.06. The number of ether oxygens (including phenoxy) is 2. The summed E-state index contributed by atoms with van der Waals surface area (Å²) in [7, 11) is 1.60. The molecule has 0 unspecified atom stereocenters. The van der Waals surface area contributed by atoms with Crippen LogP contribution in [0.15, 0.2) is 18.2 Å². The lowest BCUT2D eigenvalue weighted by Gasteiger charge is -2.07. The van der Waals surface area contributed by atoms with Crippen molar-refractivity contribution >= 4 is 16.9 Å². The Kier molecular flexibility index (Phi) is 4.32. The lowest BCUT2D eigenvalue weighted by atomic mass is 10.1. The molecule has 22 heavy (non-hydrogen) atoms. The molecule has 0 spiro atoms. The topological polar surface area (TPSA) is 53.4 Å². The van der Waals surface area contributed by atoms with Crippen LogP contribution in [-0.2, 0) is 0 Å². The molecular formula is C17H22N2O3. The Morgan fingerprint density at radius 3 is 2.91 bits per heavy atom. The number of aromatic nitrogens is 2. The van der Waals surface area contributed by atoms with Gasteiger partial charge in [-0.2, -0.15) is 4.98 Å². The highest BCUT2D eigenvalue weighted by molar-refractivity contribution is 5.94. The molecule has 2 aromatic rings. The van der Waals surface area contributed by atoms with Gasteiger partial charge in [0.25, 0.3) is 0 Å². The molecule has 1 aliphatic rings. The average Bonchev–Trinajstić information content (AvgIpc) is 3.26. The van der Waals surface area contributed by atoms with Crippen LogP contribution >= 0.6 is 0 Å². The standard InChI is InChI=1S/C17H22N2O3/c1-3-22-17-18-16-13(7-5-8-14(16)21-2)19(17)15(20)9-4-6-12-10-11-12/h5,7-8,12H,3-4,6,9-11H2,1-2H3. The van der Waals surface area contributed by atoms with Gasteiger partial charge >= 0.3 is 6.01 Å². The Balaban J connectivity index is 1.90. The number of carbonyl (C=O) groups excluding carboxylic acids is 1. The first-order valence-corrected chi connectivity index (χ1v) is 7.96. The molecule has 0 aliphatic heterocycles. The van der Waals surface area contributed by atoms with Crippen molar-refractivity contribution in [3.8, 4) is 11.8 Å². The number of para-hydroxylation sites is 1. The van der Waals surface area contributed by atoms with Gasteiger partial charge in [0.1, 0.15) is 11.3 Å². The molecule has 0 atom stereocenters. The van der Waals surface area contributed by atoms with E-state index in [1.165, 1.54) is 12.8 Å². The Labute approximate surface area is 130 Å². The summed E-state index contributed by atoms with van der Waals surface area (Å²) >= 11 is 0. The van der Waals surface area contributed by atoms with Crippen molar-refractivity contribution in [1.29, 1.82) is 0 Å². The normalized spacial score (nSPS) is 14.3. The molecule has 1 aromatic carbocycles. The lowest BCUT2D eigenvalue weighted by Crippen LogP contribution is -2.13. The number of hydrogen-bond donors (Lipinski definition) is 0. The summed E-state index contributed by atoms with van der Waals surface area (Å²) in [5.41, 5.74) is 1.42. The van der Waals surface area contributed by atoms with E-state index in [0.29, 0.717) is 30.3 Å². The quantitative estimate of drug-likeness (QED) is 0.783. The monoisotopic (exact) mass is 302 g/mol. The molecule has 1 saturated carbocycles. The van der Waals surface area contributed by atoms with Crippen molar-refractivity contribution in [2.45, 2.75) is 39.0 Å². The van der Waals surface area contributed by atoms with Crippen molar-refractivity contribution in [3.05, 3.63) is 18.2 Å². The predicted molar refractivity (Wildman–Crippen MR) is 84.7 cm³/mol. The molecule has 0 bridgehead atoms. The Hall–Kier alpha value is -2.04. The first-order chi connectivity index (χ1) is 10.7. The van der Waals surface area contributed by atoms with E-state index in [4.69, 9.17) is 9.47 Å². The molecule has 5 heteroatoms. The number of rotatable bonds is 7. The maximum atomic E-state index is 12.6. The molecule has 1 fully saturated rings. The summed E-state index contributed by atoms with van der Waals surface area (Å²) in [4.78, 5) is 17.1. The molecule has 1 aromatic heterocycles. The van der Waals surface area contributed by atoms with Gasteiger partial charge < -0.3 is 9.47 Å². The first-order valence-electron chi connectivity index (χ1n) is 7.96. The number of methoxy groups -OCH3 is 1. The van der Waals surface area contributed by atoms with E-state index in [0.717, 1.165) is 24.3 Å². The minimum absolute atomic E-state index is 0.0415. The second-order valence-electron chi connectivity index (χ2n) is 5.72. The molecule has 118 valence electrons. The molecule has 1 heterocycles. The van der Waals surface area contributed by atoms with Gasteiger partial charge in [-0.15, -0.1) is 0 Å². The molecule has 3 rings (SSSR count). The van der Waals surface area contributed by atoms with Crippen LogP contribution in [0.4, 0.5) is 0 Å². The molecular weight excluding hydrogens is 280 g/mol. The van der Waals surface area contributed by atoms with E-state index in [2.05, 4.69) is 4.98 Å². The highest BCUT2D eigenvalue weighted by atomic mass is 16.5. The van der Waals surface area contributed by atoms with Gasteiger partial charge in [0.2, 0.25) is 5.91 Å². The fourth-order valence-corrected chi connectivity index (χ4v) is 2.74. The van der Waals surface area contributed by atoms with Crippen molar-refractivity contribution in [2.75, 3.05) is 13.7 Å². The summed E-state index contributed by atoms with van der Waals surface area (Å²) in [6.07, 6.45) is 5.25. The first kappa shape index (κ1) is 14.9. The highest BCUT2D eigenvalue weighted by Gasteiger charge is 2.23. The van der Waals surface area contributed by atoms with Gasteiger partial charge in [0.15, 0.2) is 0 Å². The summed E-state index contributed by atoms with van der Waals surface area (Å²) in [5.74, 6) is 1.54. The minimum Gasteiger partial charge on any atom is -0.494 e. The number of benzene rings is 1. The van der Waals surface area contributed by atoms with Crippen LogP contribution in [-0.4, -0.2) is 29.2 Å². The summed E-state index contributed by atoms with van der Waals surface area (Å²) in [5, 5.41) is 0. The van der Waals surface area contributed by atoms with Crippen LogP contribution in [0.1, 0.15) is 43.8 Å². The van der Waals surface area contributed by atoms with Crippen molar-refractivity contribution in [1.82, 2.24) is 9.55 Å². The molecule has 0 N–H and O–H groups in total. The zero-order valence-corrected chi connectivity index (χ0v) is 13.2. The average molecular weight is 302 g/mol. The molecule has 0 saturated heterocycles. The lowest BCUT2D eigenvalue weighted by molar-refractivity contribution is 0.0890. The number of carbonyl (C=O) groups is 1. The molecule has 0 amide bonds. The minimum atomic E-state index is 0.0415. The van der Waals surface area contributed by atoms with Crippen LogP contribution in [0.3, 0.4) is 0 Å². The summed E-state index contributed by atoms with van der Waals surface area (Å²) in [6, 6.07) is 5.95. The third kappa shape index (κ3) is 2.93. The number of imidazole rings is 1. The maximum Gasteiger partial charge on any atom is 0.304 e. The van der Waals surface area contributed by atoms with Crippen LogP contribution < -0.4 is 9.47 Å². The summed E-state index contributed by atoms with van der Waals surface area (Å²) in [6.45, 7) is 2.36. The Morgan fingerprint density at radius 2 is 2.23 bits per heavy atom. The summed E-state index contributed by atoms with van der Waals surface area (Å²) < 4.78 is 12.5. The van der Waals surface area contributed by atoms with Gasteiger partial charge in [-0.25, -0.2) is 4.57 Å². The van der Waals surface area contributed by atoms with Gasteiger partial charge in [0.05, 0.1) is 19.2 Å². The second kappa shape index (κ2) is 6.38. The number of fused-ring (bicyclic) bond motifs is 1. The van der Waals surface area contributed by atoms with E-state index in [-0.39, 0.29) is 5.91 Å². The fraction of sp³-hybridized carbons (Fsp3) is 0.529. The van der Waals surface area contributed by atoms with E-state index in [9.17, 15) is 4.79 Å². The van der Waals surface area contributed by atoms with Crippen LogP contribution in [0, 0.1) is 5.92 Å². The zero-order valence-electron chi connectivity index (χ0n) is 13.2. The third-order valence-electron chi connectivity index (χ3n) is 4.06. The van der Waals surface area contributed by atoms with Gasteiger partial charge in [-0.3, -0.25) is 4.79 Å². The maximum absolute atomic E-state index is 12.6.